The lowest BCUT2D eigenvalue weighted by atomic mass is 10.2. The van der Waals surface area contributed by atoms with Crippen LogP contribution in [0, 0.1) is 0 Å². The molecular formula is C21H21N3O4S2. The van der Waals surface area contributed by atoms with Crippen molar-refractivity contribution in [3.8, 4) is 11.5 Å². The third-order valence-electron chi connectivity index (χ3n) is 4.11. The summed E-state index contributed by atoms with van der Waals surface area (Å²) in [5.74, 6) is 0.520. The minimum absolute atomic E-state index is 0.113. The van der Waals surface area contributed by atoms with Crippen LogP contribution in [-0.4, -0.2) is 37.3 Å². The number of rotatable bonds is 8. The zero-order valence-corrected chi connectivity index (χ0v) is 18.4. The van der Waals surface area contributed by atoms with E-state index in [1.54, 1.807) is 35.3 Å². The number of amides is 2. The van der Waals surface area contributed by atoms with Crippen molar-refractivity contribution < 1.29 is 19.1 Å². The van der Waals surface area contributed by atoms with Crippen LogP contribution in [0.3, 0.4) is 0 Å². The second-order valence-corrected chi connectivity index (χ2v) is 7.83. The molecule has 2 N–H and O–H groups in total. The van der Waals surface area contributed by atoms with Crippen molar-refractivity contribution in [2.45, 2.75) is 11.3 Å². The Labute approximate surface area is 182 Å². The van der Waals surface area contributed by atoms with Crippen molar-refractivity contribution in [2.75, 3.05) is 31.1 Å². The standard InChI is InChI=1S/C21H21N3O4S2/c1-27-15-8-13(9-16(11-15)28-2)20(26)24-21-22-14(12-30-21)10-19(25)23-17-6-4-5-7-18(17)29-3/h4-9,11-12H,10H2,1-3H3,(H,23,25)(H,22,24,26). The number of nitrogens with zero attached hydrogens (tertiary/aromatic N) is 1. The molecule has 0 fully saturated rings. The Morgan fingerprint density at radius 1 is 1.07 bits per heavy atom. The fraction of sp³-hybridized carbons (Fsp3) is 0.190. The van der Waals surface area contributed by atoms with Crippen molar-refractivity contribution >= 4 is 45.7 Å². The van der Waals surface area contributed by atoms with E-state index in [1.807, 2.05) is 30.5 Å². The van der Waals surface area contributed by atoms with Crippen LogP contribution in [0.4, 0.5) is 10.8 Å². The van der Waals surface area contributed by atoms with E-state index in [1.165, 1.54) is 25.6 Å². The van der Waals surface area contributed by atoms with Crippen molar-refractivity contribution in [3.63, 3.8) is 0 Å². The molecule has 0 saturated carbocycles. The Morgan fingerprint density at radius 2 is 1.77 bits per heavy atom. The number of hydrogen-bond acceptors (Lipinski definition) is 7. The SMILES string of the molecule is COc1cc(OC)cc(C(=O)Nc2nc(CC(=O)Nc3ccccc3SC)cs2)c1. The number of thiazole rings is 1. The van der Waals surface area contributed by atoms with E-state index in [0.29, 0.717) is 27.9 Å². The highest BCUT2D eigenvalue weighted by Crippen LogP contribution is 2.26. The molecule has 0 aliphatic heterocycles. The number of carbonyl (C=O) groups is 2. The van der Waals surface area contributed by atoms with Crippen molar-refractivity contribution in [2.24, 2.45) is 0 Å². The summed E-state index contributed by atoms with van der Waals surface area (Å²) in [6.45, 7) is 0. The summed E-state index contributed by atoms with van der Waals surface area (Å²) in [5, 5.41) is 7.81. The molecule has 0 unspecified atom stereocenters. The van der Waals surface area contributed by atoms with Gasteiger partial charge in [0.25, 0.3) is 5.91 Å². The zero-order chi connectivity index (χ0) is 21.5. The predicted molar refractivity (Wildman–Crippen MR) is 120 cm³/mol. The maximum Gasteiger partial charge on any atom is 0.257 e. The van der Waals surface area contributed by atoms with Gasteiger partial charge in [0.15, 0.2) is 5.13 Å². The minimum atomic E-state index is -0.341. The summed E-state index contributed by atoms with van der Waals surface area (Å²) in [7, 11) is 3.04. The summed E-state index contributed by atoms with van der Waals surface area (Å²) in [6, 6.07) is 12.5. The van der Waals surface area contributed by atoms with Crippen molar-refractivity contribution in [1.82, 2.24) is 4.98 Å². The van der Waals surface area contributed by atoms with E-state index in [2.05, 4.69) is 15.6 Å². The van der Waals surface area contributed by atoms with Crippen molar-refractivity contribution in [3.05, 3.63) is 59.1 Å². The van der Waals surface area contributed by atoms with E-state index >= 15 is 0 Å². The first-order valence-corrected chi connectivity index (χ1v) is 11.0. The average molecular weight is 444 g/mol. The van der Waals surface area contributed by atoms with Gasteiger partial charge in [-0.05, 0) is 30.5 Å². The highest BCUT2D eigenvalue weighted by Gasteiger charge is 2.14. The van der Waals surface area contributed by atoms with Crippen LogP contribution < -0.4 is 20.1 Å². The Hall–Kier alpha value is -3.04. The highest BCUT2D eigenvalue weighted by atomic mass is 32.2. The first kappa shape index (κ1) is 21.7. The monoisotopic (exact) mass is 443 g/mol. The number of methoxy groups -OCH3 is 2. The Balaban J connectivity index is 1.63. The minimum Gasteiger partial charge on any atom is -0.497 e. The van der Waals surface area contributed by atoms with E-state index in [0.717, 1.165) is 10.6 Å². The normalized spacial score (nSPS) is 10.4. The van der Waals surface area contributed by atoms with Gasteiger partial charge in [-0.15, -0.1) is 23.1 Å². The van der Waals surface area contributed by atoms with Gasteiger partial charge in [0, 0.05) is 21.9 Å². The highest BCUT2D eigenvalue weighted by molar-refractivity contribution is 7.98. The molecule has 9 heteroatoms. The maximum atomic E-state index is 12.6. The molecule has 0 saturated heterocycles. The second kappa shape index (κ2) is 10.1. The number of hydrogen-bond donors (Lipinski definition) is 2. The van der Waals surface area contributed by atoms with Crippen LogP contribution >= 0.6 is 23.1 Å². The summed E-state index contributed by atoms with van der Waals surface area (Å²) >= 11 is 2.82. The summed E-state index contributed by atoms with van der Waals surface area (Å²) in [6.07, 6.45) is 2.07. The van der Waals surface area contributed by atoms with Crippen LogP contribution in [0.2, 0.25) is 0 Å². The molecule has 7 nitrogen and oxygen atoms in total. The number of anilines is 2. The summed E-state index contributed by atoms with van der Waals surface area (Å²) in [4.78, 5) is 30.3. The van der Waals surface area contributed by atoms with Gasteiger partial charge in [-0.25, -0.2) is 4.98 Å². The van der Waals surface area contributed by atoms with Crippen LogP contribution in [0.25, 0.3) is 0 Å². The maximum absolute atomic E-state index is 12.6. The topological polar surface area (TPSA) is 89.6 Å². The number of carbonyl (C=O) groups excluding carboxylic acids is 2. The van der Waals surface area contributed by atoms with Gasteiger partial charge in [0.05, 0.1) is 32.0 Å². The Bertz CT molecular complexity index is 1030. The molecule has 0 atom stereocenters. The first-order chi connectivity index (χ1) is 14.5. The quantitative estimate of drug-likeness (QED) is 0.504. The van der Waals surface area contributed by atoms with Crippen LogP contribution in [0.15, 0.2) is 52.7 Å². The molecular weight excluding hydrogens is 422 g/mol. The predicted octanol–water partition coefficient (Wildman–Crippen LogP) is 4.32. The molecule has 0 aliphatic carbocycles. The smallest absolute Gasteiger partial charge is 0.257 e. The average Bonchev–Trinajstić information content (AvgIpc) is 3.19. The van der Waals surface area contributed by atoms with E-state index in [-0.39, 0.29) is 18.2 Å². The molecule has 1 aromatic heterocycles. The zero-order valence-electron chi connectivity index (χ0n) is 16.7. The molecule has 0 radical (unpaired) electrons. The molecule has 1 heterocycles. The number of benzene rings is 2. The fourth-order valence-corrected chi connectivity index (χ4v) is 3.92. The molecule has 156 valence electrons. The Morgan fingerprint density at radius 3 is 2.43 bits per heavy atom. The van der Waals surface area contributed by atoms with Gasteiger partial charge in [0.2, 0.25) is 5.91 Å². The second-order valence-electron chi connectivity index (χ2n) is 6.12. The summed E-state index contributed by atoms with van der Waals surface area (Å²) in [5.41, 5.74) is 1.73. The van der Waals surface area contributed by atoms with Crippen LogP contribution in [0.1, 0.15) is 16.1 Å². The third kappa shape index (κ3) is 5.52. The molecule has 3 rings (SSSR count). The first-order valence-electron chi connectivity index (χ1n) is 8.94. The number of aromatic nitrogens is 1. The van der Waals surface area contributed by atoms with E-state index in [9.17, 15) is 9.59 Å². The lowest BCUT2D eigenvalue weighted by Crippen LogP contribution is -2.15. The van der Waals surface area contributed by atoms with Crippen LogP contribution in [0.5, 0.6) is 11.5 Å². The van der Waals surface area contributed by atoms with Gasteiger partial charge in [-0.3, -0.25) is 14.9 Å². The molecule has 2 amide bonds. The number of nitrogens with one attached hydrogen (secondary N) is 2. The van der Waals surface area contributed by atoms with Gasteiger partial charge in [0.1, 0.15) is 11.5 Å². The van der Waals surface area contributed by atoms with E-state index < -0.39 is 0 Å². The molecule has 0 bridgehead atoms. The summed E-state index contributed by atoms with van der Waals surface area (Å²) < 4.78 is 10.4. The largest absolute Gasteiger partial charge is 0.497 e. The van der Waals surface area contributed by atoms with E-state index in [4.69, 9.17) is 9.47 Å². The molecule has 0 aliphatic rings. The molecule has 2 aromatic carbocycles. The number of thioether (sulfide) groups is 1. The van der Waals surface area contributed by atoms with Gasteiger partial charge in [-0.1, -0.05) is 12.1 Å². The van der Waals surface area contributed by atoms with Crippen molar-refractivity contribution in [1.29, 1.82) is 0 Å². The molecule has 30 heavy (non-hydrogen) atoms. The lowest BCUT2D eigenvalue weighted by molar-refractivity contribution is -0.115. The van der Waals surface area contributed by atoms with Gasteiger partial charge < -0.3 is 14.8 Å². The van der Waals surface area contributed by atoms with Gasteiger partial charge >= 0.3 is 0 Å². The van der Waals surface area contributed by atoms with Gasteiger partial charge in [-0.2, -0.15) is 0 Å². The number of ether oxygens (including phenoxy) is 2. The third-order valence-corrected chi connectivity index (χ3v) is 5.71. The van der Waals surface area contributed by atoms with Crippen LogP contribution in [-0.2, 0) is 11.2 Å². The lowest BCUT2D eigenvalue weighted by Gasteiger charge is -2.08. The fourth-order valence-electron chi connectivity index (χ4n) is 2.66. The molecule has 3 aromatic rings. The number of para-hydroxylation sites is 1. The Kier molecular flexibility index (Phi) is 7.31. The molecule has 0 spiro atoms.